The molecule has 0 unspecified atom stereocenters. The van der Waals surface area contributed by atoms with Crippen LogP contribution in [0, 0.1) is 10.1 Å². The molecule has 0 saturated heterocycles. The summed E-state index contributed by atoms with van der Waals surface area (Å²) in [6.45, 7) is 0. The van der Waals surface area contributed by atoms with Crippen LogP contribution in [0.5, 0.6) is 0 Å². The molecular formula is C15H10F3NO4S. The van der Waals surface area contributed by atoms with Gasteiger partial charge in [-0.15, -0.1) is 0 Å². The first-order chi connectivity index (χ1) is 11.2. The summed E-state index contributed by atoms with van der Waals surface area (Å²) in [4.78, 5) is 22.2. The number of carbonyl (C=O) groups excluding carboxylic acids is 1. The molecule has 0 bridgehead atoms. The first-order valence-electron chi connectivity index (χ1n) is 6.44. The number of alkyl halides is 3. The number of non-ortho nitro benzene ring substituents is 1. The van der Waals surface area contributed by atoms with Crippen LogP contribution in [0.4, 0.5) is 18.9 Å². The van der Waals surface area contributed by atoms with E-state index in [9.17, 15) is 28.1 Å². The van der Waals surface area contributed by atoms with Crippen molar-refractivity contribution in [3.63, 3.8) is 0 Å². The molecule has 24 heavy (non-hydrogen) atoms. The van der Waals surface area contributed by atoms with Crippen LogP contribution in [-0.2, 0) is 10.9 Å². The molecular weight excluding hydrogens is 347 g/mol. The largest absolute Gasteiger partial charge is 0.465 e. The van der Waals surface area contributed by atoms with E-state index in [1.165, 1.54) is 30.3 Å². The summed E-state index contributed by atoms with van der Waals surface area (Å²) in [7, 11) is 1.00. The Bertz CT molecular complexity index is 775. The Morgan fingerprint density at radius 1 is 1.12 bits per heavy atom. The van der Waals surface area contributed by atoms with Crippen LogP contribution in [0.3, 0.4) is 0 Å². The molecule has 0 aromatic heterocycles. The van der Waals surface area contributed by atoms with Crippen LogP contribution in [0.25, 0.3) is 0 Å². The molecule has 2 aromatic carbocycles. The molecule has 0 aliphatic carbocycles. The van der Waals surface area contributed by atoms with Gasteiger partial charge in [-0.1, -0.05) is 11.8 Å². The predicted molar refractivity (Wildman–Crippen MR) is 80.0 cm³/mol. The van der Waals surface area contributed by atoms with Gasteiger partial charge in [-0.05, 0) is 30.3 Å². The lowest BCUT2D eigenvalue weighted by atomic mass is 10.1. The predicted octanol–water partition coefficient (Wildman–Crippen LogP) is 4.55. The first-order valence-corrected chi connectivity index (χ1v) is 7.26. The molecule has 2 aromatic rings. The smallest absolute Gasteiger partial charge is 0.417 e. The van der Waals surface area contributed by atoms with Crippen molar-refractivity contribution >= 4 is 23.4 Å². The molecule has 0 aliphatic rings. The average molecular weight is 357 g/mol. The van der Waals surface area contributed by atoms with Crippen LogP contribution < -0.4 is 0 Å². The molecule has 0 saturated carbocycles. The Kier molecular flexibility index (Phi) is 5.13. The van der Waals surface area contributed by atoms with E-state index in [-0.39, 0.29) is 10.6 Å². The lowest BCUT2D eigenvalue weighted by Crippen LogP contribution is -2.14. The molecule has 2 rings (SSSR count). The summed E-state index contributed by atoms with van der Waals surface area (Å²) in [5, 5.41) is 10.6. The van der Waals surface area contributed by atoms with Crippen LogP contribution in [0.1, 0.15) is 15.9 Å². The molecule has 0 radical (unpaired) electrons. The fraction of sp³-hybridized carbons (Fsp3) is 0.133. The molecule has 0 heterocycles. The summed E-state index contributed by atoms with van der Waals surface area (Å²) in [6, 6.07) is 8.63. The highest BCUT2D eigenvalue weighted by molar-refractivity contribution is 7.99. The molecule has 126 valence electrons. The third kappa shape index (κ3) is 4.05. The maximum atomic E-state index is 13.1. The Morgan fingerprint density at radius 2 is 1.71 bits per heavy atom. The third-order valence-electron chi connectivity index (χ3n) is 2.98. The Labute approximate surface area is 138 Å². The van der Waals surface area contributed by atoms with Crippen molar-refractivity contribution in [2.75, 3.05) is 7.11 Å². The molecule has 0 atom stereocenters. The van der Waals surface area contributed by atoms with Crippen LogP contribution in [0.15, 0.2) is 52.3 Å². The van der Waals surface area contributed by atoms with Crippen molar-refractivity contribution in [2.24, 2.45) is 0 Å². The van der Waals surface area contributed by atoms with E-state index in [0.717, 1.165) is 31.0 Å². The van der Waals surface area contributed by atoms with Gasteiger partial charge in [0, 0.05) is 21.9 Å². The normalized spacial score (nSPS) is 11.2. The van der Waals surface area contributed by atoms with E-state index in [4.69, 9.17) is 0 Å². The number of benzene rings is 2. The summed E-state index contributed by atoms with van der Waals surface area (Å²) in [6.07, 6.45) is -4.71. The molecule has 0 fully saturated rings. The fourth-order valence-electron chi connectivity index (χ4n) is 1.88. The van der Waals surface area contributed by atoms with Gasteiger partial charge in [0.15, 0.2) is 0 Å². The van der Waals surface area contributed by atoms with Gasteiger partial charge in [-0.25, -0.2) is 4.79 Å². The van der Waals surface area contributed by atoms with Gasteiger partial charge < -0.3 is 4.74 Å². The molecule has 5 nitrogen and oxygen atoms in total. The van der Waals surface area contributed by atoms with Gasteiger partial charge >= 0.3 is 12.1 Å². The molecule has 0 aliphatic heterocycles. The summed E-state index contributed by atoms with van der Waals surface area (Å²) < 4.78 is 43.7. The number of nitro groups is 1. The number of halogens is 3. The SMILES string of the molecule is COC(=O)c1ccc(Sc2ccc([N+](=O)[O-])cc2)cc1C(F)(F)F. The Hall–Kier alpha value is -2.55. The lowest BCUT2D eigenvalue weighted by molar-refractivity contribution is -0.384. The zero-order chi connectivity index (χ0) is 17.9. The second-order valence-corrected chi connectivity index (χ2v) is 5.70. The van der Waals surface area contributed by atoms with Gasteiger partial charge in [0.05, 0.1) is 23.2 Å². The number of nitro benzene ring substituents is 1. The fourth-order valence-corrected chi connectivity index (χ4v) is 2.74. The maximum absolute atomic E-state index is 13.1. The summed E-state index contributed by atoms with van der Waals surface area (Å²) in [5.74, 6) is -1.07. The minimum Gasteiger partial charge on any atom is -0.465 e. The minimum absolute atomic E-state index is 0.114. The highest BCUT2D eigenvalue weighted by Crippen LogP contribution is 2.37. The van der Waals surface area contributed by atoms with E-state index in [2.05, 4.69) is 4.74 Å². The minimum atomic E-state index is -4.71. The highest BCUT2D eigenvalue weighted by Gasteiger charge is 2.36. The number of ether oxygens (including phenoxy) is 1. The maximum Gasteiger partial charge on any atom is 0.417 e. The molecule has 0 amide bonds. The van der Waals surface area contributed by atoms with Gasteiger partial charge in [0.2, 0.25) is 0 Å². The third-order valence-corrected chi connectivity index (χ3v) is 3.98. The Balaban J connectivity index is 2.34. The van der Waals surface area contributed by atoms with Crippen LogP contribution >= 0.6 is 11.8 Å². The quantitative estimate of drug-likeness (QED) is 0.456. The van der Waals surface area contributed by atoms with Crippen LogP contribution in [0.2, 0.25) is 0 Å². The van der Waals surface area contributed by atoms with Crippen LogP contribution in [-0.4, -0.2) is 18.0 Å². The monoisotopic (exact) mass is 357 g/mol. The Morgan fingerprint density at radius 3 is 2.21 bits per heavy atom. The standard InChI is InChI=1S/C15H10F3NO4S/c1-23-14(20)12-7-6-11(8-13(12)15(16,17)18)24-10-4-2-9(3-5-10)19(21)22/h2-8H,1H3. The van der Waals surface area contributed by atoms with Crippen molar-refractivity contribution in [2.45, 2.75) is 16.0 Å². The van der Waals surface area contributed by atoms with Gasteiger partial charge in [0.1, 0.15) is 0 Å². The molecule has 9 heteroatoms. The number of methoxy groups -OCH3 is 1. The summed E-state index contributed by atoms with van der Waals surface area (Å²) in [5.41, 5.74) is -1.78. The second kappa shape index (κ2) is 6.91. The van der Waals surface area contributed by atoms with E-state index in [0.29, 0.717) is 4.90 Å². The van der Waals surface area contributed by atoms with E-state index < -0.39 is 28.2 Å². The van der Waals surface area contributed by atoms with E-state index in [1.807, 2.05) is 0 Å². The number of hydrogen-bond donors (Lipinski definition) is 0. The van der Waals surface area contributed by atoms with Crippen molar-refractivity contribution in [3.8, 4) is 0 Å². The topological polar surface area (TPSA) is 69.4 Å². The number of hydrogen-bond acceptors (Lipinski definition) is 5. The summed E-state index contributed by atoms with van der Waals surface area (Å²) >= 11 is 0.992. The van der Waals surface area contributed by atoms with Crippen molar-refractivity contribution in [3.05, 3.63) is 63.7 Å². The second-order valence-electron chi connectivity index (χ2n) is 4.55. The first kappa shape index (κ1) is 17.8. The lowest BCUT2D eigenvalue weighted by Gasteiger charge is -2.13. The molecule has 0 N–H and O–H groups in total. The number of nitrogens with zero attached hydrogens (tertiary/aromatic N) is 1. The molecule has 0 spiro atoms. The van der Waals surface area contributed by atoms with Gasteiger partial charge in [-0.3, -0.25) is 10.1 Å². The number of carbonyl (C=O) groups is 1. The number of esters is 1. The number of rotatable bonds is 4. The van der Waals surface area contributed by atoms with Crippen molar-refractivity contribution < 1.29 is 27.6 Å². The van der Waals surface area contributed by atoms with E-state index in [1.54, 1.807) is 0 Å². The van der Waals surface area contributed by atoms with Gasteiger partial charge in [-0.2, -0.15) is 13.2 Å². The van der Waals surface area contributed by atoms with Crippen molar-refractivity contribution in [1.82, 2.24) is 0 Å². The average Bonchev–Trinajstić information content (AvgIpc) is 2.53. The zero-order valence-electron chi connectivity index (χ0n) is 12.2. The van der Waals surface area contributed by atoms with E-state index >= 15 is 0 Å². The highest BCUT2D eigenvalue weighted by atomic mass is 32.2. The van der Waals surface area contributed by atoms with Gasteiger partial charge in [0.25, 0.3) is 5.69 Å². The van der Waals surface area contributed by atoms with Crippen molar-refractivity contribution in [1.29, 1.82) is 0 Å². The zero-order valence-corrected chi connectivity index (χ0v) is 13.0.